The van der Waals surface area contributed by atoms with E-state index in [2.05, 4.69) is 10.4 Å². The van der Waals surface area contributed by atoms with Crippen molar-refractivity contribution in [2.75, 3.05) is 38.2 Å². The van der Waals surface area contributed by atoms with Gasteiger partial charge in [-0.05, 0) is 82.2 Å². The summed E-state index contributed by atoms with van der Waals surface area (Å²) in [6.45, 7) is 14.5. The number of likely N-dealkylation sites (tertiary alicyclic amines) is 1. The molecule has 2 heterocycles. The van der Waals surface area contributed by atoms with Crippen LogP contribution >= 0.6 is 0 Å². The van der Waals surface area contributed by atoms with Crippen LogP contribution in [0, 0.1) is 17.2 Å². The van der Waals surface area contributed by atoms with Crippen molar-refractivity contribution >= 4 is 29.8 Å². The van der Waals surface area contributed by atoms with Crippen molar-refractivity contribution in [3.63, 3.8) is 0 Å². The molecule has 2 aliphatic heterocycles. The Labute approximate surface area is 296 Å². The lowest BCUT2D eigenvalue weighted by atomic mass is 9.85. The second-order valence-electron chi connectivity index (χ2n) is 15.5. The highest BCUT2D eigenvalue weighted by Gasteiger charge is 2.42. The standard InChI is InChI=1S/C38H55FN6O5/c1-26(42(8)36(49)50-38(5,6)7)33(46)41-32(37(2,3)4)35(48)44-21-12-15-31(44)25-43(22-20-27-16-18-29(39)19-17-27)34(47)28-23-40-45(24-28)30-13-10-9-11-14-30/h9-11,13-14,16-19,23,26,28,31-33,41,46H,12,15,20-22,24-25H2,1-8H3. The molecule has 2 N–H and O–H groups in total. The fourth-order valence-electron chi connectivity index (χ4n) is 6.25. The zero-order valence-corrected chi connectivity index (χ0v) is 30.8. The van der Waals surface area contributed by atoms with Gasteiger partial charge in [-0.2, -0.15) is 5.10 Å². The number of nitrogens with one attached hydrogen (secondary N) is 1. The van der Waals surface area contributed by atoms with E-state index in [-0.39, 0.29) is 23.7 Å². The molecule has 0 aliphatic carbocycles. The van der Waals surface area contributed by atoms with E-state index in [1.54, 1.807) is 53.1 Å². The first kappa shape index (κ1) is 38.8. The first-order valence-electron chi connectivity index (χ1n) is 17.5. The maximum atomic E-state index is 14.4. The number of hydrogen-bond donors (Lipinski definition) is 2. The van der Waals surface area contributed by atoms with Crippen LogP contribution in [0.15, 0.2) is 59.7 Å². The molecule has 2 aliphatic rings. The number of carbonyl (C=O) groups excluding carboxylic acids is 3. The molecule has 11 nitrogen and oxygen atoms in total. The van der Waals surface area contributed by atoms with E-state index in [0.29, 0.717) is 32.6 Å². The maximum absolute atomic E-state index is 14.4. The minimum atomic E-state index is -1.22. The van der Waals surface area contributed by atoms with Gasteiger partial charge in [-0.1, -0.05) is 51.1 Å². The van der Waals surface area contributed by atoms with E-state index < -0.39 is 41.3 Å². The fraction of sp³-hybridized carbons (Fsp3) is 0.579. The number of anilines is 1. The highest BCUT2D eigenvalue weighted by atomic mass is 19.1. The van der Waals surface area contributed by atoms with Gasteiger partial charge >= 0.3 is 6.09 Å². The van der Waals surface area contributed by atoms with Gasteiger partial charge < -0.3 is 24.5 Å². The van der Waals surface area contributed by atoms with Crippen molar-refractivity contribution in [1.29, 1.82) is 0 Å². The first-order valence-corrected chi connectivity index (χ1v) is 17.5. The van der Waals surface area contributed by atoms with Gasteiger partial charge in [0.1, 0.15) is 17.6 Å². The van der Waals surface area contributed by atoms with Crippen molar-refractivity contribution in [2.24, 2.45) is 16.4 Å². The lowest BCUT2D eigenvalue weighted by Crippen LogP contribution is -2.61. The summed E-state index contributed by atoms with van der Waals surface area (Å²) < 4.78 is 19.1. The van der Waals surface area contributed by atoms with Crippen LogP contribution in [-0.2, 0) is 20.7 Å². The molecule has 5 atom stereocenters. The molecule has 0 saturated carbocycles. The second kappa shape index (κ2) is 16.3. The van der Waals surface area contributed by atoms with E-state index in [0.717, 1.165) is 24.1 Å². The molecule has 0 spiro atoms. The molecule has 4 rings (SSSR count). The van der Waals surface area contributed by atoms with Gasteiger partial charge in [0, 0.05) is 38.9 Å². The van der Waals surface area contributed by atoms with Crippen LogP contribution in [0.5, 0.6) is 0 Å². The predicted molar refractivity (Wildman–Crippen MR) is 193 cm³/mol. The highest BCUT2D eigenvalue weighted by molar-refractivity contribution is 5.96. The summed E-state index contributed by atoms with van der Waals surface area (Å²) >= 11 is 0. The molecule has 0 bridgehead atoms. The van der Waals surface area contributed by atoms with E-state index in [9.17, 15) is 23.9 Å². The number of hydrazone groups is 1. The monoisotopic (exact) mass is 694 g/mol. The van der Waals surface area contributed by atoms with Gasteiger partial charge in [-0.3, -0.25) is 19.9 Å². The predicted octanol–water partition coefficient (Wildman–Crippen LogP) is 4.89. The fourth-order valence-corrected chi connectivity index (χ4v) is 6.25. The Morgan fingerprint density at radius 3 is 2.34 bits per heavy atom. The molecule has 2 aromatic rings. The minimum absolute atomic E-state index is 0.0754. The van der Waals surface area contributed by atoms with Crippen LogP contribution in [0.25, 0.3) is 0 Å². The Balaban J connectivity index is 1.50. The van der Waals surface area contributed by atoms with Crippen molar-refractivity contribution in [3.05, 3.63) is 66.0 Å². The van der Waals surface area contributed by atoms with Crippen LogP contribution in [0.2, 0.25) is 0 Å². The molecule has 3 amide bonds. The zero-order valence-electron chi connectivity index (χ0n) is 30.8. The molecule has 2 aromatic carbocycles. The summed E-state index contributed by atoms with van der Waals surface area (Å²) in [6.07, 6.45) is 1.92. The molecule has 50 heavy (non-hydrogen) atoms. The number of benzene rings is 2. The number of hydrogen-bond acceptors (Lipinski definition) is 8. The summed E-state index contributed by atoms with van der Waals surface area (Å²) in [7, 11) is 1.56. The van der Waals surface area contributed by atoms with Crippen molar-refractivity contribution in [1.82, 2.24) is 20.0 Å². The van der Waals surface area contributed by atoms with Crippen molar-refractivity contribution in [3.8, 4) is 0 Å². The first-order chi connectivity index (χ1) is 23.4. The molecule has 274 valence electrons. The Hall–Kier alpha value is -4.03. The summed E-state index contributed by atoms with van der Waals surface area (Å²) in [5.41, 5.74) is 0.525. The average molecular weight is 695 g/mol. The van der Waals surface area contributed by atoms with Crippen LogP contribution in [0.4, 0.5) is 14.9 Å². The largest absolute Gasteiger partial charge is 0.444 e. The lowest BCUT2D eigenvalue weighted by molar-refractivity contribution is -0.141. The van der Waals surface area contributed by atoms with E-state index in [1.165, 1.54) is 17.0 Å². The molecule has 0 radical (unpaired) electrons. The SMILES string of the molecule is CC(C(O)NC(C(=O)N1CCCC1CN(CCc1ccc(F)cc1)C(=O)C1C=NN(c2ccccc2)C1)C(C)(C)C)N(C)C(=O)OC(C)(C)C. The van der Waals surface area contributed by atoms with Gasteiger partial charge in [0.15, 0.2) is 0 Å². The molecule has 0 aromatic heterocycles. The van der Waals surface area contributed by atoms with Gasteiger partial charge in [0.25, 0.3) is 0 Å². The van der Waals surface area contributed by atoms with E-state index >= 15 is 0 Å². The Morgan fingerprint density at radius 2 is 1.72 bits per heavy atom. The van der Waals surface area contributed by atoms with Crippen LogP contribution in [0.3, 0.4) is 0 Å². The molecular weight excluding hydrogens is 639 g/mol. The minimum Gasteiger partial charge on any atom is -0.444 e. The average Bonchev–Trinajstić information content (AvgIpc) is 3.74. The number of carbonyl (C=O) groups is 3. The number of nitrogens with zero attached hydrogens (tertiary/aromatic N) is 5. The smallest absolute Gasteiger partial charge is 0.410 e. The molecular formula is C38H55FN6O5. The number of rotatable bonds is 12. The maximum Gasteiger partial charge on any atom is 0.410 e. The van der Waals surface area contributed by atoms with Crippen LogP contribution in [-0.4, -0.2) is 107 Å². The number of aliphatic hydroxyl groups excluding tert-OH is 1. The summed E-state index contributed by atoms with van der Waals surface area (Å²) in [6, 6.07) is 14.3. The van der Waals surface area contributed by atoms with E-state index in [1.807, 2.05) is 65.9 Å². The molecule has 1 saturated heterocycles. The van der Waals surface area contributed by atoms with Crippen molar-refractivity contribution in [2.45, 2.75) is 97.7 Å². The van der Waals surface area contributed by atoms with Crippen LogP contribution in [0.1, 0.15) is 66.9 Å². The number of ether oxygens (including phenoxy) is 1. The number of halogens is 1. The number of para-hydroxylation sites is 1. The van der Waals surface area contributed by atoms with Crippen molar-refractivity contribution < 1.29 is 28.6 Å². The quantitative estimate of drug-likeness (QED) is 0.304. The number of aliphatic hydroxyl groups is 1. The second-order valence-corrected chi connectivity index (χ2v) is 15.5. The Morgan fingerprint density at radius 1 is 1.06 bits per heavy atom. The Kier molecular flexibility index (Phi) is 12.7. The summed E-state index contributed by atoms with van der Waals surface area (Å²) in [4.78, 5) is 46.2. The number of amides is 3. The van der Waals surface area contributed by atoms with Gasteiger partial charge in [-0.15, -0.1) is 0 Å². The Bertz CT molecular complexity index is 1480. The molecule has 12 heteroatoms. The topological polar surface area (TPSA) is 118 Å². The lowest BCUT2D eigenvalue weighted by Gasteiger charge is -2.40. The highest BCUT2D eigenvalue weighted by Crippen LogP contribution is 2.28. The van der Waals surface area contributed by atoms with E-state index in [4.69, 9.17) is 4.74 Å². The van der Waals surface area contributed by atoms with Gasteiger partial charge in [0.05, 0.1) is 30.2 Å². The zero-order chi connectivity index (χ0) is 36.8. The van der Waals surface area contributed by atoms with Gasteiger partial charge in [0.2, 0.25) is 11.8 Å². The summed E-state index contributed by atoms with van der Waals surface area (Å²) in [5, 5.41) is 20.7. The third kappa shape index (κ3) is 10.3. The van der Waals surface area contributed by atoms with Gasteiger partial charge in [-0.25, -0.2) is 9.18 Å². The van der Waals surface area contributed by atoms with Crippen LogP contribution < -0.4 is 10.3 Å². The normalized spacial score (nSPS) is 19.6. The number of likely N-dealkylation sites (N-methyl/N-ethyl adjacent to an activating group) is 1. The summed E-state index contributed by atoms with van der Waals surface area (Å²) in [5.74, 6) is -1.03. The third-order valence-corrected chi connectivity index (χ3v) is 9.31. The third-order valence-electron chi connectivity index (χ3n) is 9.31. The molecule has 5 unspecified atom stereocenters. The molecule has 1 fully saturated rings.